The van der Waals surface area contributed by atoms with Gasteiger partial charge in [-0.2, -0.15) is 16.8 Å². The van der Waals surface area contributed by atoms with Gasteiger partial charge < -0.3 is 29.9 Å². The van der Waals surface area contributed by atoms with E-state index in [0.717, 1.165) is 6.07 Å². The van der Waals surface area contributed by atoms with Crippen LogP contribution in [-0.4, -0.2) is 109 Å². The van der Waals surface area contributed by atoms with Crippen LogP contribution in [0.1, 0.15) is 22.5 Å². The number of hydrogen-bond acceptors (Lipinski definition) is 16. The molecule has 308 valence electrons. The highest BCUT2D eigenvalue weighted by Crippen LogP contribution is 2.47. The molecule has 0 spiro atoms. The minimum Gasteiger partial charge on any atom is -0.378 e. The van der Waals surface area contributed by atoms with Gasteiger partial charge in [-0.05, 0) is 46.3 Å². The summed E-state index contributed by atoms with van der Waals surface area (Å²) in [5.74, 6) is 0.515. The van der Waals surface area contributed by atoms with Gasteiger partial charge in [-0.1, -0.05) is 78.9 Å². The van der Waals surface area contributed by atoms with Crippen molar-refractivity contribution in [3.05, 3.63) is 132 Å². The molecule has 6 aromatic rings. The maximum atomic E-state index is 13.6. The molecule has 0 saturated carbocycles. The van der Waals surface area contributed by atoms with E-state index in [-0.39, 0.29) is 33.9 Å². The molecule has 20 heteroatoms. The van der Waals surface area contributed by atoms with E-state index >= 15 is 0 Å². The summed E-state index contributed by atoms with van der Waals surface area (Å²) in [5, 5.41) is 33.2. The number of nitrogens with zero attached hydrogens (tertiary/aromatic N) is 8. The Kier molecular flexibility index (Phi) is 11.7. The van der Waals surface area contributed by atoms with Gasteiger partial charge in [-0.15, -0.1) is 20.4 Å². The molecular weight excluding hydrogens is 813 g/mol. The summed E-state index contributed by atoms with van der Waals surface area (Å²) in [4.78, 5) is 1.79. The van der Waals surface area contributed by atoms with Crippen molar-refractivity contribution in [3.8, 4) is 0 Å². The Balaban J connectivity index is 1.56. The smallest absolute Gasteiger partial charge is 0.296 e. The topological polar surface area (TPSA) is 235 Å². The van der Waals surface area contributed by atoms with E-state index in [4.69, 9.17) is 9.47 Å². The molecule has 0 bridgehead atoms. The van der Waals surface area contributed by atoms with Crippen molar-refractivity contribution in [2.75, 3.05) is 73.0 Å². The Morgan fingerprint density at radius 1 is 0.533 bits per heavy atom. The SMILES string of the molecule is O=S(=O)(O)c1cccc(C(=C(c2ccccc2)c2nnnc(Nc3ccccc3)c2N2CCOCC2)c2nnnc(Nc3ccccc3)c2N2CCOCC2)c1S(=O)(=O)O. The Morgan fingerprint density at radius 3 is 1.43 bits per heavy atom. The zero-order chi connectivity index (χ0) is 41.7. The van der Waals surface area contributed by atoms with E-state index in [1.54, 1.807) is 30.3 Å². The third-order valence-corrected chi connectivity index (χ3v) is 11.8. The van der Waals surface area contributed by atoms with Crippen LogP contribution in [0.15, 0.2) is 119 Å². The summed E-state index contributed by atoms with van der Waals surface area (Å²) in [6.07, 6.45) is 0. The molecule has 0 radical (unpaired) electrons. The number of aromatic nitrogens is 6. The fourth-order valence-electron chi connectivity index (χ4n) is 7.20. The van der Waals surface area contributed by atoms with Gasteiger partial charge >= 0.3 is 0 Å². The number of ether oxygens (including phenoxy) is 2. The largest absolute Gasteiger partial charge is 0.378 e. The Morgan fingerprint density at radius 2 is 0.983 bits per heavy atom. The van der Waals surface area contributed by atoms with Gasteiger partial charge in [0.25, 0.3) is 20.2 Å². The molecule has 60 heavy (non-hydrogen) atoms. The fourth-order valence-corrected chi connectivity index (χ4v) is 9.20. The summed E-state index contributed by atoms with van der Waals surface area (Å²) in [7, 11) is -10.7. The van der Waals surface area contributed by atoms with Crippen molar-refractivity contribution in [3.63, 3.8) is 0 Å². The quantitative estimate of drug-likeness (QED) is 0.0963. The maximum absolute atomic E-state index is 13.6. The lowest BCUT2D eigenvalue weighted by molar-refractivity contribution is 0.122. The average molecular weight is 851 g/mol. The monoisotopic (exact) mass is 850 g/mol. The standard InChI is InChI=1S/C40H38N10O8S2/c51-59(52,53)31-18-10-17-30(38(31)60(54,55)56)33(35-37(50-21-25-58-26-22-50)40(46-48-44-35)42-29-15-8-3-9-16-29)32(27-11-4-1-5-12-27)34-36(49-19-23-57-24-20-49)39(45-47-43-34)41-28-13-6-2-7-14-28/h1-18H,19-26H2,(H,41,43,45)(H,42,44,46)(H,51,52,53)(H,54,55,56). The summed E-state index contributed by atoms with van der Waals surface area (Å²) >= 11 is 0. The van der Waals surface area contributed by atoms with Crippen LogP contribution >= 0.6 is 0 Å². The first-order chi connectivity index (χ1) is 29.1. The molecule has 4 N–H and O–H groups in total. The maximum Gasteiger partial charge on any atom is 0.296 e. The molecule has 0 atom stereocenters. The van der Waals surface area contributed by atoms with E-state index in [9.17, 15) is 25.9 Å². The van der Waals surface area contributed by atoms with Crippen LogP contribution in [-0.2, 0) is 29.7 Å². The van der Waals surface area contributed by atoms with E-state index < -0.39 is 30.0 Å². The molecule has 18 nitrogen and oxygen atoms in total. The first kappa shape index (κ1) is 40.4. The third kappa shape index (κ3) is 8.64. The second kappa shape index (κ2) is 17.4. The molecule has 0 unspecified atom stereocenters. The molecular formula is C40H38N10O8S2. The van der Waals surface area contributed by atoms with Crippen molar-refractivity contribution < 1.29 is 35.4 Å². The van der Waals surface area contributed by atoms with Crippen molar-refractivity contribution >= 4 is 65.8 Å². The minimum absolute atomic E-state index is 0.0191. The van der Waals surface area contributed by atoms with Crippen LogP contribution in [0.3, 0.4) is 0 Å². The van der Waals surface area contributed by atoms with E-state index in [1.165, 1.54) is 12.1 Å². The summed E-state index contributed by atoms with van der Waals surface area (Å²) < 4.78 is 86.2. The van der Waals surface area contributed by atoms with Gasteiger partial charge in [-0.25, -0.2) is 0 Å². The van der Waals surface area contributed by atoms with Gasteiger partial charge in [-0.3, -0.25) is 9.11 Å². The Labute approximate surface area is 345 Å². The van der Waals surface area contributed by atoms with Gasteiger partial charge in [0.05, 0.1) is 26.4 Å². The molecule has 2 saturated heterocycles. The molecule has 8 rings (SSSR count). The van der Waals surface area contributed by atoms with Crippen LogP contribution in [0, 0.1) is 0 Å². The lowest BCUT2D eigenvalue weighted by atomic mass is 9.88. The van der Waals surface area contributed by atoms with Crippen LogP contribution in [0.25, 0.3) is 11.1 Å². The number of rotatable bonds is 12. The van der Waals surface area contributed by atoms with Crippen LogP contribution in [0.4, 0.5) is 34.4 Å². The van der Waals surface area contributed by atoms with Crippen LogP contribution in [0.2, 0.25) is 0 Å². The van der Waals surface area contributed by atoms with E-state index in [1.807, 2.05) is 70.5 Å². The molecule has 4 aromatic carbocycles. The number of hydrogen-bond donors (Lipinski definition) is 4. The fraction of sp³-hybridized carbons (Fsp3) is 0.200. The number of nitrogens with one attached hydrogen (secondary N) is 2. The number of para-hydroxylation sites is 2. The number of benzene rings is 4. The highest BCUT2D eigenvalue weighted by atomic mass is 32.2. The second-order valence-corrected chi connectivity index (χ2v) is 16.3. The number of morpholine rings is 2. The normalized spacial score (nSPS) is 15.3. The molecule has 4 heterocycles. The predicted octanol–water partition coefficient (Wildman–Crippen LogP) is 4.72. The van der Waals surface area contributed by atoms with Gasteiger partial charge in [0, 0.05) is 54.3 Å². The van der Waals surface area contributed by atoms with Crippen LogP contribution < -0.4 is 20.4 Å². The van der Waals surface area contributed by atoms with Crippen molar-refractivity contribution in [2.45, 2.75) is 9.79 Å². The first-order valence-electron chi connectivity index (χ1n) is 18.7. The first-order valence-corrected chi connectivity index (χ1v) is 21.6. The molecule has 0 aliphatic carbocycles. The van der Waals surface area contributed by atoms with E-state index in [2.05, 4.69) is 41.5 Å². The van der Waals surface area contributed by atoms with Gasteiger partial charge in [0.1, 0.15) is 32.6 Å². The van der Waals surface area contributed by atoms with Gasteiger partial charge in [0.2, 0.25) is 0 Å². The molecule has 2 fully saturated rings. The zero-order valence-corrected chi connectivity index (χ0v) is 33.4. The zero-order valence-electron chi connectivity index (χ0n) is 31.8. The molecule has 2 aliphatic heterocycles. The molecule has 2 aliphatic rings. The predicted molar refractivity (Wildman–Crippen MR) is 223 cm³/mol. The second-order valence-electron chi connectivity index (χ2n) is 13.6. The third-order valence-electron chi connectivity index (χ3n) is 9.77. The Bertz CT molecular complexity index is 2740. The van der Waals surface area contributed by atoms with E-state index in [0.29, 0.717) is 86.7 Å². The van der Waals surface area contributed by atoms with Crippen molar-refractivity contribution in [2.24, 2.45) is 0 Å². The van der Waals surface area contributed by atoms with Gasteiger partial charge in [0.15, 0.2) is 11.6 Å². The Hall–Kier alpha value is -6.42. The van der Waals surface area contributed by atoms with Crippen molar-refractivity contribution in [1.82, 2.24) is 30.8 Å². The molecule has 0 amide bonds. The highest BCUT2D eigenvalue weighted by molar-refractivity contribution is 7.89. The van der Waals surface area contributed by atoms with Crippen molar-refractivity contribution in [1.29, 1.82) is 0 Å². The average Bonchev–Trinajstić information content (AvgIpc) is 3.26. The minimum atomic E-state index is -5.45. The summed E-state index contributed by atoms with van der Waals surface area (Å²) in [6, 6.07) is 30.8. The lowest BCUT2D eigenvalue weighted by Gasteiger charge is -2.33. The highest BCUT2D eigenvalue weighted by Gasteiger charge is 2.36. The lowest BCUT2D eigenvalue weighted by Crippen LogP contribution is -2.38. The number of anilines is 6. The molecule has 2 aromatic heterocycles. The summed E-state index contributed by atoms with van der Waals surface area (Å²) in [5.41, 5.74) is 2.57. The van der Waals surface area contributed by atoms with Crippen LogP contribution in [0.5, 0.6) is 0 Å². The summed E-state index contributed by atoms with van der Waals surface area (Å²) in [6.45, 7) is 2.83.